The summed E-state index contributed by atoms with van der Waals surface area (Å²) in [5, 5.41) is 8.62. The lowest BCUT2D eigenvalue weighted by Crippen LogP contribution is -2.44. The van der Waals surface area contributed by atoms with Crippen molar-refractivity contribution in [2.45, 2.75) is 19.4 Å². The van der Waals surface area contributed by atoms with Crippen LogP contribution in [-0.2, 0) is 16.1 Å². The maximum absolute atomic E-state index is 12.5. The second-order valence-corrected chi connectivity index (χ2v) is 7.63. The fraction of sp³-hybridized carbons (Fsp3) is 0.300. The topological polar surface area (TPSA) is 97.6 Å². The van der Waals surface area contributed by atoms with Gasteiger partial charge < -0.3 is 19.5 Å². The number of nitrogens with zero attached hydrogens (tertiary/aromatic N) is 3. The Labute approximate surface area is 171 Å². The first-order chi connectivity index (χ1) is 14.2. The van der Waals surface area contributed by atoms with E-state index in [1.54, 1.807) is 4.90 Å². The van der Waals surface area contributed by atoms with E-state index < -0.39 is 0 Å². The maximum atomic E-state index is 12.5. The number of benzene rings is 1. The number of amides is 2. The van der Waals surface area contributed by atoms with Crippen LogP contribution in [-0.4, -0.2) is 40.1 Å². The first-order valence-corrected chi connectivity index (χ1v) is 10.2. The molecule has 1 atom stereocenters. The SMILES string of the molecule is O=C(OCc1noc(-c2cccs2)n1)C1CCCN(C(=O)Nc2ccccc2)C1. The molecule has 1 unspecified atom stereocenters. The maximum Gasteiger partial charge on any atom is 0.321 e. The van der Waals surface area contributed by atoms with E-state index in [0.29, 0.717) is 31.2 Å². The predicted octanol–water partition coefficient (Wildman–Crippen LogP) is 3.79. The third-order valence-electron chi connectivity index (χ3n) is 4.61. The molecule has 0 radical (unpaired) electrons. The molecule has 9 heteroatoms. The molecule has 0 saturated carbocycles. The first kappa shape index (κ1) is 19.1. The third-order valence-corrected chi connectivity index (χ3v) is 5.47. The number of hydrogen-bond donors (Lipinski definition) is 1. The summed E-state index contributed by atoms with van der Waals surface area (Å²) >= 11 is 1.49. The van der Waals surface area contributed by atoms with Crippen LogP contribution in [0.15, 0.2) is 52.4 Å². The largest absolute Gasteiger partial charge is 0.457 e. The van der Waals surface area contributed by atoms with Crippen molar-refractivity contribution < 1.29 is 18.8 Å². The Balaban J connectivity index is 1.29. The molecular formula is C20H20N4O4S. The Kier molecular flexibility index (Phi) is 5.85. The minimum atomic E-state index is -0.367. The van der Waals surface area contributed by atoms with Crippen LogP contribution >= 0.6 is 11.3 Å². The summed E-state index contributed by atoms with van der Waals surface area (Å²) < 4.78 is 10.6. The molecule has 8 nitrogen and oxygen atoms in total. The molecule has 3 aromatic rings. The van der Waals surface area contributed by atoms with Crippen molar-refractivity contribution >= 4 is 29.0 Å². The molecule has 3 heterocycles. The number of hydrogen-bond acceptors (Lipinski definition) is 7. The predicted molar refractivity (Wildman–Crippen MR) is 107 cm³/mol. The molecular weight excluding hydrogens is 392 g/mol. The zero-order valence-electron chi connectivity index (χ0n) is 15.6. The van der Waals surface area contributed by atoms with Gasteiger partial charge in [-0.05, 0) is 36.4 Å². The molecule has 1 saturated heterocycles. The lowest BCUT2D eigenvalue weighted by atomic mass is 9.98. The van der Waals surface area contributed by atoms with Crippen LogP contribution in [0.3, 0.4) is 0 Å². The van der Waals surface area contributed by atoms with E-state index in [1.165, 1.54) is 11.3 Å². The number of ether oxygens (including phenoxy) is 1. The second-order valence-electron chi connectivity index (χ2n) is 6.68. The molecule has 0 bridgehead atoms. The highest BCUT2D eigenvalue weighted by Gasteiger charge is 2.30. The minimum absolute atomic E-state index is 0.0551. The van der Waals surface area contributed by atoms with Gasteiger partial charge in [-0.3, -0.25) is 4.79 Å². The number of esters is 1. The summed E-state index contributed by atoms with van der Waals surface area (Å²) in [7, 11) is 0. The zero-order valence-corrected chi connectivity index (χ0v) is 16.4. The number of nitrogens with one attached hydrogen (secondary N) is 1. The average molecular weight is 412 g/mol. The highest BCUT2D eigenvalue weighted by molar-refractivity contribution is 7.13. The molecule has 29 heavy (non-hydrogen) atoms. The van der Waals surface area contributed by atoms with E-state index in [4.69, 9.17) is 9.26 Å². The van der Waals surface area contributed by atoms with E-state index in [0.717, 1.165) is 17.0 Å². The van der Waals surface area contributed by atoms with Gasteiger partial charge in [0.15, 0.2) is 6.61 Å². The van der Waals surface area contributed by atoms with Crippen LogP contribution in [0.2, 0.25) is 0 Å². The Morgan fingerprint density at radius 2 is 2.10 bits per heavy atom. The van der Waals surface area contributed by atoms with Gasteiger partial charge in [0.25, 0.3) is 5.89 Å². The smallest absolute Gasteiger partial charge is 0.321 e. The number of urea groups is 1. The Morgan fingerprint density at radius 3 is 2.90 bits per heavy atom. The highest BCUT2D eigenvalue weighted by Crippen LogP contribution is 2.23. The lowest BCUT2D eigenvalue weighted by Gasteiger charge is -2.31. The number of likely N-dealkylation sites (tertiary alicyclic amines) is 1. The first-order valence-electron chi connectivity index (χ1n) is 9.33. The summed E-state index contributed by atoms with van der Waals surface area (Å²) in [4.78, 5) is 31.7. The monoisotopic (exact) mass is 412 g/mol. The lowest BCUT2D eigenvalue weighted by molar-refractivity contribution is -0.151. The van der Waals surface area contributed by atoms with Crippen LogP contribution in [0.1, 0.15) is 18.7 Å². The van der Waals surface area contributed by atoms with Gasteiger partial charge in [0.05, 0.1) is 10.8 Å². The molecule has 150 valence electrons. The number of carbonyl (C=O) groups excluding carboxylic acids is 2. The zero-order chi connectivity index (χ0) is 20.1. The molecule has 1 aliphatic rings. The van der Waals surface area contributed by atoms with Crippen molar-refractivity contribution in [2.24, 2.45) is 5.92 Å². The number of anilines is 1. The van der Waals surface area contributed by atoms with E-state index in [9.17, 15) is 9.59 Å². The third kappa shape index (κ3) is 4.80. The molecule has 1 fully saturated rings. The van der Waals surface area contributed by atoms with Crippen LogP contribution in [0, 0.1) is 5.92 Å². The Bertz CT molecular complexity index is 958. The van der Waals surface area contributed by atoms with Gasteiger partial charge in [-0.25, -0.2) is 4.79 Å². The number of piperidine rings is 1. The molecule has 0 spiro atoms. The van der Waals surface area contributed by atoms with Gasteiger partial charge >= 0.3 is 12.0 Å². The van der Waals surface area contributed by atoms with Gasteiger partial charge in [0.2, 0.25) is 5.82 Å². The fourth-order valence-electron chi connectivity index (χ4n) is 3.14. The van der Waals surface area contributed by atoms with Gasteiger partial charge in [0.1, 0.15) is 0 Å². The van der Waals surface area contributed by atoms with E-state index in [2.05, 4.69) is 15.5 Å². The van der Waals surface area contributed by atoms with Crippen molar-refractivity contribution in [3.05, 3.63) is 53.7 Å². The van der Waals surface area contributed by atoms with E-state index in [-0.39, 0.29) is 24.5 Å². The van der Waals surface area contributed by atoms with Crippen molar-refractivity contribution in [3.8, 4) is 10.8 Å². The number of aromatic nitrogens is 2. The molecule has 1 aliphatic heterocycles. The Hall–Kier alpha value is -3.20. The molecule has 0 aliphatic carbocycles. The molecule has 1 aromatic carbocycles. The summed E-state index contributed by atoms with van der Waals surface area (Å²) in [6.07, 6.45) is 1.42. The summed E-state index contributed by atoms with van der Waals surface area (Å²) in [5.74, 6) is 0.00216. The minimum Gasteiger partial charge on any atom is -0.457 e. The van der Waals surface area contributed by atoms with Crippen molar-refractivity contribution in [1.29, 1.82) is 0 Å². The second kappa shape index (κ2) is 8.87. The summed E-state index contributed by atoms with van der Waals surface area (Å²) in [5.41, 5.74) is 0.723. The van der Waals surface area contributed by atoms with Crippen molar-refractivity contribution in [3.63, 3.8) is 0 Å². The fourth-order valence-corrected chi connectivity index (χ4v) is 3.79. The quantitative estimate of drug-likeness (QED) is 0.641. The molecule has 2 amide bonds. The van der Waals surface area contributed by atoms with Gasteiger partial charge in [-0.2, -0.15) is 4.98 Å². The van der Waals surface area contributed by atoms with Crippen LogP contribution in [0.4, 0.5) is 10.5 Å². The number of thiophene rings is 1. The van der Waals surface area contributed by atoms with Crippen molar-refractivity contribution in [1.82, 2.24) is 15.0 Å². The van der Waals surface area contributed by atoms with E-state index >= 15 is 0 Å². The average Bonchev–Trinajstić information content (AvgIpc) is 3.45. The van der Waals surface area contributed by atoms with Gasteiger partial charge in [-0.15, -0.1) is 11.3 Å². The number of para-hydroxylation sites is 1. The van der Waals surface area contributed by atoms with Gasteiger partial charge in [-0.1, -0.05) is 29.4 Å². The van der Waals surface area contributed by atoms with Crippen LogP contribution in [0.5, 0.6) is 0 Å². The highest BCUT2D eigenvalue weighted by atomic mass is 32.1. The van der Waals surface area contributed by atoms with Crippen LogP contribution < -0.4 is 5.32 Å². The van der Waals surface area contributed by atoms with Crippen molar-refractivity contribution in [2.75, 3.05) is 18.4 Å². The molecule has 2 aromatic heterocycles. The standard InChI is InChI=1S/C20H20N4O4S/c25-19(27-13-17-22-18(28-23-17)16-9-5-11-29-16)14-6-4-10-24(12-14)20(26)21-15-7-2-1-3-8-15/h1-3,5,7-9,11,14H,4,6,10,12-13H2,(H,21,26). The number of rotatable bonds is 5. The Morgan fingerprint density at radius 1 is 1.24 bits per heavy atom. The van der Waals surface area contributed by atoms with Crippen LogP contribution in [0.25, 0.3) is 10.8 Å². The summed E-state index contributed by atoms with van der Waals surface area (Å²) in [6, 6.07) is 12.8. The number of carbonyl (C=O) groups is 2. The molecule has 4 rings (SSSR count). The summed E-state index contributed by atoms with van der Waals surface area (Å²) in [6.45, 7) is 0.877. The van der Waals surface area contributed by atoms with Gasteiger partial charge in [0, 0.05) is 18.8 Å². The normalized spacial score (nSPS) is 16.4. The van der Waals surface area contributed by atoms with E-state index in [1.807, 2.05) is 47.8 Å². The molecule has 1 N–H and O–H groups in total.